The zero-order valence-electron chi connectivity index (χ0n) is 12.0. The summed E-state index contributed by atoms with van der Waals surface area (Å²) in [6.07, 6.45) is 10.3. The number of hydrogen-bond acceptors (Lipinski definition) is 4. The van der Waals surface area contributed by atoms with E-state index in [0.29, 0.717) is 6.42 Å². The standard InChI is InChI=1S/C15H25NO3/c1-12(17)14(16-2)10-11-15(18)19-13-8-6-4-3-5-7-9-13/h6,8,13-14,16H,3-5,7,9-11H2,1-2H3/b8-6+/t13?,14-/m1/s1. The van der Waals surface area contributed by atoms with E-state index >= 15 is 0 Å². The summed E-state index contributed by atoms with van der Waals surface area (Å²) in [5.41, 5.74) is 0. The molecule has 0 spiro atoms. The van der Waals surface area contributed by atoms with Crippen molar-refractivity contribution < 1.29 is 14.3 Å². The number of Topliss-reactive ketones (excluding diaryl/α,β-unsaturated/α-hetero) is 1. The molecule has 1 aliphatic carbocycles. The Morgan fingerprint density at radius 1 is 1.37 bits per heavy atom. The Morgan fingerprint density at radius 3 is 2.84 bits per heavy atom. The second-order valence-electron chi connectivity index (χ2n) is 5.09. The van der Waals surface area contributed by atoms with E-state index in [-0.39, 0.29) is 30.3 Å². The average molecular weight is 267 g/mol. The van der Waals surface area contributed by atoms with Crippen LogP contribution < -0.4 is 5.32 Å². The highest BCUT2D eigenvalue weighted by molar-refractivity contribution is 5.82. The van der Waals surface area contributed by atoms with Crippen molar-refractivity contribution >= 4 is 11.8 Å². The number of likely N-dealkylation sites (N-methyl/N-ethyl adjacent to an activating group) is 1. The summed E-state index contributed by atoms with van der Waals surface area (Å²) in [4.78, 5) is 23.0. The number of hydrogen-bond donors (Lipinski definition) is 1. The molecule has 0 heterocycles. The van der Waals surface area contributed by atoms with Gasteiger partial charge in [0.05, 0.1) is 6.04 Å². The highest BCUT2D eigenvalue weighted by atomic mass is 16.5. The van der Waals surface area contributed by atoms with Gasteiger partial charge in [-0.2, -0.15) is 0 Å². The SMILES string of the molecule is CN[C@H](CCC(=O)OC1/C=C/CCCCC1)C(C)=O. The Labute approximate surface area is 115 Å². The second-order valence-corrected chi connectivity index (χ2v) is 5.09. The van der Waals surface area contributed by atoms with Crippen molar-refractivity contribution in [2.24, 2.45) is 0 Å². The number of carbonyl (C=O) groups is 2. The second kappa shape index (κ2) is 8.86. The highest BCUT2D eigenvalue weighted by Crippen LogP contribution is 2.15. The van der Waals surface area contributed by atoms with Crippen LogP contribution in [0.15, 0.2) is 12.2 Å². The Bertz CT molecular complexity index is 325. The van der Waals surface area contributed by atoms with E-state index in [4.69, 9.17) is 4.74 Å². The molecule has 0 aromatic carbocycles. The molecule has 4 heteroatoms. The predicted molar refractivity (Wildman–Crippen MR) is 74.9 cm³/mol. The first-order valence-corrected chi connectivity index (χ1v) is 7.17. The monoisotopic (exact) mass is 267 g/mol. The van der Waals surface area contributed by atoms with Crippen molar-refractivity contribution in [2.75, 3.05) is 7.05 Å². The van der Waals surface area contributed by atoms with Gasteiger partial charge >= 0.3 is 5.97 Å². The quantitative estimate of drug-likeness (QED) is 0.593. The van der Waals surface area contributed by atoms with Crippen molar-refractivity contribution in [3.63, 3.8) is 0 Å². The first-order chi connectivity index (χ1) is 9.13. The Hall–Kier alpha value is -1.16. The van der Waals surface area contributed by atoms with E-state index in [1.54, 1.807) is 7.05 Å². The molecule has 0 aliphatic heterocycles. The maximum Gasteiger partial charge on any atom is 0.306 e. The molecule has 1 unspecified atom stereocenters. The largest absolute Gasteiger partial charge is 0.458 e. The van der Waals surface area contributed by atoms with Gasteiger partial charge in [0.1, 0.15) is 11.9 Å². The molecule has 0 saturated carbocycles. The first-order valence-electron chi connectivity index (χ1n) is 7.17. The van der Waals surface area contributed by atoms with Crippen LogP contribution in [-0.2, 0) is 14.3 Å². The summed E-state index contributed by atoms with van der Waals surface area (Å²) in [6, 6.07) is -0.250. The molecular weight excluding hydrogens is 242 g/mol. The van der Waals surface area contributed by atoms with Gasteiger partial charge in [-0.25, -0.2) is 0 Å². The van der Waals surface area contributed by atoms with Crippen LogP contribution in [0, 0.1) is 0 Å². The lowest BCUT2D eigenvalue weighted by atomic mass is 10.0. The molecule has 0 fully saturated rings. The molecule has 0 amide bonds. The smallest absolute Gasteiger partial charge is 0.306 e. The summed E-state index contributed by atoms with van der Waals surface area (Å²) in [5, 5.41) is 2.91. The Kier molecular flexibility index (Phi) is 7.41. The summed E-state index contributed by atoms with van der Waals surface area (Å²) in [6.45, 7) is 1.53. The predicted octanol–water partition coefficient (Wildman–Crippen LogP) is 2.38. The van der Waals surface area contributed by atoms with Gasteiger partial charge in [-0.05, 0) is 52.2 Å². The van der Waals surface area contributed by atoms with Crippen LogP contribution in [0.1, 0.15) is 51.9 Å². The summed E-state index contributed by atoms with van der Waals surface area (Å²) < 4.78 is 5.44. The third-order valence-corrected chi connectivity index (χ3v) is 3.47. The maximum atomic E-state index is 11.8. The van der Waals surface area contributed by atoms with Gasteiger partial charge in [0, 0.05) is 6.42 Å². The number of nitrogens with one attached hydrogen (secondary N) is 1. The number of rotatable bonds is 6. The lowest BCUT2D eigenvalue weighted by Crippen LogP contribution is -2.33. The van der Waals surface area contributed by atoms with E-state index in [9.17, 15) is 9.59 Å². The van der Waals surface area contributed by atoms with Crippen molar-refractivity contribution in [3.05, 3.63) is 12.2 Å². The van der Waals surface area contributed by atoms with Crippen LogP contribution in [0.4, 0.5) is 0 Å². The lowest BCUT2D eigenvalue weighted by Gasteiger charge is -2.17. The van der Waals surface area contributed by atoms with Gasteiger partial charge in [-0.15, -0.1) is 0 Å². The number of esters is 1. The Balaban J connectivity index is 2.33. The zero-order chi connectivity index (χ0) is 14.1. The van der Waals surface area contributed by atoms with Crippen LogP contribution in [0.2, 0.25) is 0 Å². The normalized spacial score (nSPS) is 22.9. The molecule has 0 aromatic heterocycles. The molecule has 0 aromatic rings. The van der Waals surface area contributed by atoms with E-state index in [2.05, 4.69) is 11.4 Å². The number of carbonyl (C=O) groups excluding carboxylic acids is 2. The molecule has 1 aliphatic rings. The molecular formula is C15H25NO3. The minimum Gasteiger partial charge on any atom is -0.458 e. The maximum absolute atomic E-state index is 11.8. The van der Waals surface area contributed by atoms with Gasteiger partial charge < -0.3 is 10.1 Å². The van der Waals surface area contributed by atoms with Gasteiger partial charge in [0.2, 0.25) is 0 Å². The van der Waals surface area contributed by atoms with Crippen LogP contribution in [-0.4, -0.2) is 30.9 Å². The first kappa shape index (κ1) is 15.9. The minimum atomic E-state index is -0.250. The van der Waals surface area contributed by atoms with Crippen molar-refractivity contribution in [1.82, 2.24) is 5.32 Å². The molecule has 2 atom stereocenters. The summed E-state index contributed by atoms with van der Waals surface area (Å²) in [7, 11) is 1.73. The lowest BCUT2D eigenvalue weighted by molar-refractivity contribution is -0.147. The molecule has 4 nitrogen and oxygen atoms in total. The Morgan fingerprint density at radius 2 is 2.16 bits per heavy atom. The van der Waals surface area contributed by atoms with E-state index < -0.39 is 0 Å². The van der Waals surface area contributed by atoms with Crippen molar-refractivity contribution in [3.8, 4) is 0 Å². The summed E-state index contributed by atoms with van der Waals surface area (Å²) in [5.74, 6) is -0.155. The molecule has 108 valence electrons. The average Bonchev–Trinajstić information content (AvgIpc) is 2.32. The number of allylic oxidation sites excluding steroid dienone is 1. The number of ketones is 1. The van der Waals surface area contributed by atoms with Gasteiger partial charge in [0.25, 0.3) is 0 Å². The van der Waals surface area contributed by atoms with Crippen LogP contribution in [0.3, 0.4) is 0 Å². The molecule has 1 rings (SSSR count). The van der Waals surface area contributed by atoms with Crippen LogP contribution >= 0.6 is 0 Å². The highest BCUT2D eigenvalue weighted by Gasteiger charge is 2.16. The molecule has 1 N–H and O–H groups in total. The topological polar surface area (TPSA) is 55.4 Å². The van der Waals surface area contributed by atoms with Crippen molar-refractivity contribution in [1.29, 1.82) is 0 Å². The third-order valence-electron chi connectivity index (χ3n) is 3.47. The van der Waals surface area contributed by atoms with Crippen molar-refractivity contribution in [2.45, 2.75) is 64.0 Å². The molecule has 0 saturated heterocycles. The number of ether oxygens (including phenoxy) is 1. The third kappa shape index (κ3) is 6.53. The van der Waals surface area contributed by atoms with E-state index in [1.165, 1.54) is 19.8 Å². The fourth-order valence-electron chi connectivity index (χ4n) is 2.27. The van der Waals surface area contributed by atoms with E-state index in [1.807, 2.05) is 6.08 Å². The fourth-order valence-corrected chi connectivity index (χ4v) is 2.27. The fraction of sp³-hybridized carbons (Fsp3) is 0.733. The van der Waals surface area contributed by atoms with Gasteiger partial charge in [-0.3, -0.25) is 9.59 Å². The van der Waals surface area contributed by atoms with Crippen LogP contribution in [0.25, 0.3) is 0 Å². The van der Waals surface area contributed by atoms with Gasteiger partial charge in [-0.1, -0.05) is 12.5 Å². The van der Waals surface area contributed by atoms with Gasteiger partial charge in [0.15, 0.2) is 0 Å². The van der Waals surface area contributed by atoms with E-state index in [0.717, 1.165) is 19.3 Å². The summed E-state index contributed by atoms with van der Waals surface area (Å²) >= 11 is 0. The molecule has 0 radical (unpaired) electrons. The zero-order valence-corrected chi connectivity index (χ0v) is 12.0. The minimum absolute atomic E-state index is 0.0566. The molecule has 0 bridgehead atoms. The van der Waals surface area contributed by atoms with Crippen LogP contribution in [0.5, 0.6) is 0 Å². The molecule has 19 heavy (non-hydrogen) atoms.